The van der Waals surface area contributed by atoms with E-state index >= 15 is 0 Å². The Hall–Kier alpha value is -1.10. The smallest absolute Gasteiger partial charge is 0.288 e. The van der Waals surface area contributed by atoms with Crippen LogP contribution in [0.1, 0.15) is 23.0 Å². The summed E-state index contributed by atoms with van der Waals surface area (Å²) in [6.07, 6.45) is -3.94. The fourth-order valence-corrected chi connectivity index (χ4v) is 1.67. The number of carbonyl (C=O) groups excluding carboxylic acids is 1. The molecule has 0 atom stereocenters. The van der Waals surface area contributed by atoms with Gasteiger partial charge >= 0.3 is 6.18 Å². The van der Waals surface area contributed by atoms with Crippen LogP contribution in [0.5, 0.6) is 0 Å². The lowest BCUT2D eigenvalue weighted by molar-refractivity contribution is -0.0936. The van der Waals surface area contributed by atoms with Crippen LogP contribution >= 0.6 is 11.3 Å². The summed E-state index contributed by atoms with van der Waals surface area (Å²) in [6, 6.07) is 3.14. The van der Waals surface area contributed by atoms with Crippen LogP contribution in [-0.2, 0) is 0 Å². The molecule has 1 aromatic rings. The SMILES string of the molecule is CC/C(=C\C(=O)c1cccs1)C(F)(F)F. The van der Waals surface area contributed by atoms with Gasteiger partial charge in [-0.3, -0.25) is 4.79 Å². The molecule has 1 nitrogen and oxygen atoms in total. The lowest BCUT2D eigenvalue weighted by atomic mass is 10.1. The number of halogens is 3. The summed E-state index contributed by atoms with van der Waals surface area (Å²) in [5.41, 5.74) is -0.791. The van der Waals surface area contributed by atoms with E-state index in [-0.39, 0.29) is 6.42 Å². The highest BCUT2D eigenvalue weighted by molar-refractivity contribution is 7.12. The van der Waals surface area contributed by atoms with Gasteiger partial charge < -0.3 is 0 Å². The summed E-state index contributed by atoms with van der Waals surface area (Å²) < 4.78 is 36.9. The summed E-state index contributed by atoms with van der Waals surface area (Å²) in [7, 11) is 0. The molecule has 1 aromatic heterocycles. The first-order valence-electron chi connectivity index (χ1n) is 4.30. The van der Waals surface area contributed by atoms with Crippen molar-refractivity contribution in [2.75, 3.05) is 0 Å². The molecule has 0 bridgehead atoms. The van der Waals surface area contributed by atoms with Gasteiger partial charge in [-0.25, -0.2) is 0 Å². The minimum atomic E-state index is -4.42. The quantitative estimate of drug-likeness (QED) is 0.573. The molecule has 0 amide bonds. The highest BCUT2D eigenvalue weighted by Gasteiger charge is 2.32. The Morgan fingerprint density at radius 2 is 2.20 bits per heavy atom. The number of allylic oxidation sites excluding steroid dienone is 2. The second-order valence-electron chi connectivity index (χ2n) is 2.86. The molecule has 1 heterocycles. The first-order chi connectivity index (χ1) is 6.95. The van der Waals surface area contributed by atoms with Crippen molar-refractivity contribution < 1.29 is 18.0 Å². The molecule has 0 radical (unpaired) electrons. The average Bonchev–Trinajstić information content (AvgIpc) is 2.64. The molecule has 0 unspecified atom stereocenters. The van der Waals surface area contributed by atoms with Crippen LogP contribution in [0, 0.1) is 0 Å². The van der Waals surface area contributed by atoms with E-state index in [0.29, 0.717) is 11.0 Å². The fourth-order valence-electron chi connectivity index (χ4n) is 1.03. The number of ketones is 1. The van der Waals surface area contributed by atoms with Gasteiger partial charge in [-0.2, -0.15) is 13.2 Å². The lowest BCUT2D eigenvalue weighted by Crippen LogP contribution is -2.12. The molecule has 15 heavy (non-hydrogen) atoms. The third-order valence-electron chi connectivity index (χ3n) is 1.81. The Balaban J connectivity index is 2.91. The van der Waals surface area contributed by atoms with Crippen molar-refractivity contribution >= 4 is 17.1 Å². The molecule has 0 N–H and O–H groups in total. The number of carbonyl (C=O) groups is 1. The van der Waals surface area contributed by atoms with E-state index in [1.165, 1.54) is 13.0 Å². The molecular weight excluding hydrogens is 225 g/mol. The van der Waals surface area contributed by atoms with Crippen LogP contribution in [0.15, 0.2) is 29.2 Å². The van der Waals surface area contributed by atoms with Crippen molar-refractivity contribution in [3.05, 3.63) is 34.0 Å². The Kier molecular flexibility index (Phi) is 3.68. The van der Waals surface area contributed by atoms with Gasteiger partial charge in [-0.1, -0.05) is 13.0 Å². The third-order valence-corrected chi connectivity index (χ3v) is 2.70. The maximum absolute atomic E-state index is 12.3. The van der Waals surface area contributed by atoms with E-state index in [9.17, 15) is 18.0 Å². The minimum Gasteiger partial charge on any atom is -0.288 e. The Bertz CT molecular complexity index is 363. The number of alkyl halides is 3. The van der Waals surface area contributed by atoms with Gasteiger partial charge in [-0.15, -0.1) is 11.3 Å². The number of thiophene rings is 1. The van der Waals surface area contributed by atoms with Crippen LogP contribution in [0.4, 0.5) is 13.2 Å². The van der Waals surface area contributed by atoms with Crippen molar-refractivity contribution in [1.29, 1.82) is 0 Å². The molecular formula is C10H9F3OS. The third kappa shape index (κ3) is 3.20. The Morgan fingerprint density at radius 3 is 2.60 bits per heavy atom. The van der Waals surface area contributed by atoms with Gasteiger partial charge in [0.05, 0.1) is 4.88 Å². The molecule has 0 aliphatic carbocycles. The van der Waals surface area contributed by atoms with Gasteiger partial charge in [0.15, 0.2) is 5.78 Å². The summed E-state index contributed by atoms with van der Waals surface area (Å²) in [5, 5.41) is 1.65. The maximum Gasteiger partial charge on any atom is 0.412 e. The van der Waals surface area contributed by atoms with Crippen molar-refractivity contribution in [2.24, 2.45) is 0 Å². The zero-order valence-corrected chi connectivity index (χ0v) is 8.78. The molecule has 0 aromatic carbocycles. The lowest BCUT2D eigenvalue weighted by Gasteiger charge is -2.08. The second-order valence-corrected chi connectivity index (χ2v) is 3.81. The molecule has 0 aliphatic heterocycles. The molecule has 82 valence electrons. The van der Waals surface area contributed by atoms with Crippen molar-refractivity contribution in [1.82, 2.24) is 0 Å². The van der Waals surface area contributed by atoms with E-state index in [2.05, 4.69) is 0 Å². The number of hydrogen-bond donors (Lipinski definition) is 0. The predicted octanol–water partition coefficient (Wildman–Crippen LogP) is 3.83. The summed E-state index contributed by atoms with van der Waals surface area (Å²) in [4.78, 5) is 11.7. The van der Waals surface area contributed by atoms with Crippen LogP contribution in [0.2, 0.25) is 0 Å². The molecule has 0 saturated heterocycles. The molecule has 0 fully saturated rings. The van der Waals surface area contributed by atoms with Gasteiger partial charge in [0.25, 0.3) is 0 Å². The summed E-state index contributed by atoms with van der Waals surface area (Å²) >= 11 is 1.13. The standard InChI is InChI=1S/C10H9F3OS/c1-2-7(10(11,12)13)6-8(14)9-4-3-5-15-9/h3-6H,2H2,1H3/b7-6+. The van der Waals surface area contributed by atoms with E-state index in [0.717, 1.165) is 11.3 Å². The van der Waals surface area contributed by atoms with Crippen LogP contribution in [-0.4, -0.2) is 12.0 Å². The van der Waals surface area contributed by atoms with Gasteiger partial charge in [-0.05, 0) is 23.9 Å². The highest BCUT2D eigenvalue weighted by Crippen LogP contribution is 2.28. The monoisotopic (exact) mass is 234 g/mol. The predicted molar refractivity (Wildman–Crippen MR) is 53.1 cm³/mol. The fraction of sp³-hybridized carbons (Fsp3) is 0.300. The number of rotatable bonds is 3. The van der Waals surface area contributed by atoms with Gasteiger partial charge in [0.2, 0.25) is 0 Å². The van der Waals surface area contributed by atoms with Gasteiger partial charge in [0.1, 0.15) is 0 Å². The van der Waals surface area contributed by atoms with Crippen LogP contribution < -0.4 is 0 Å². The molecule has 1 rings (SSSR count). The molecule has 0 spiro atoms. The zero-order chi connectivity index (χ0) is 11.5. The van der Waals surface area contributed by atoms with Crippen molar-refractivity contribution in [2.45, 2.75) is 19.5 Å². The number of hydrogen-bond acceptors (Lipinski definition) is 2. The zero-order valence-electron chi connectivity index (χ0n) is 7.97. The highest BCUT2D eigenvalue weighted by atomic mass is 32.1. The van der Waals surface area contributed by atoms with Crippen LogP contribution in [0.25, 0.3) is 0 Å². The molecule has 5 heteroatoms. The van der Waals surface area contributed by atoms with E-state index in [1.54, 1.807) is 11.4 Å². The normalized spacial score (nSPS) is 12.9. The van der Waals surface area contributed by atoms with E-state index < -0.39 is 17.5 Å². The molecule has 0 saturated carbocycles. The molecule has 0 aliphatic rings. The van der Waals surface area contributed by atoms with E-state index in [1.807, 2.05) is 0 Å². The first kappa shape index (κ1) is 12.0. The topological polar surface area (TPSA) is 17.1 Å². The van der Waals surface area contributed by atoms with Crippen LogP contribution in [0.3, 0.4) is 0 Å². The van der Waals surface area contributed by atoms with Crippen molar-refractivity contribution in [3.63, 3.8) is 0 Å². The Morgan fingerprint density at radius 1 is 1.53 bits per heavy atom. The second kappa shape index (κ2) is 4.61. The maximum atomic E-state index is 12.3. The van der Waals surface area contributed by atoms with Gasteiger partial charge in [0, 0.05) is 5.57 Å². The summed E-state index contributed by atoms with van der Waals surface area (Å²) in [5.74, 6) is -0.584. The Labute approximate surface area is 89.2 Å². The largest absolute Gasteiger partial charge is 0.412 e. The van der Waals surface area contributed by atoms with E-state index in [4.69, 9.17) is 0 Å². The minimum absolute atomic E-state index is 0.194. The van der Waals surface area contributed by atoms with Crippen molar-refractivity contribution in [3.8, 4) is 0 Å². The summed E-state index contributed by atoms with van der Waals surface area (Å²) in [6.45, 7) is 1.38. The average molecular weight is 234 g/mol. The first-order valence-corrected chi connectivity index (χ1v) is 5.18.